The van der Waals surface area contributed by atoms with Crippen molar-refractivity contribution in [3.8, 4) is 5.75 Å². The van der Waals surface area contributed by atoms with E-state index in [1.807, 2.05) is 6.92 Å². The fourth-order valence-electron chi connectivity index (χ4n) is 2.07. The number of carbonyl (C=O) groups is 2. The molecule has 0 atom stereocenters. The van der Waals surface area contributed by atoms with Crippen LogP contribution in [0.4, 0.5) is 10.5 Å². The molecule has 0 saturated carbocycles. The lowest BCUT2D eigenvalue weighted by atomic mass is 10.3. The first-order valence-corrected chi connectivity index (χ1v) is 8.35. The molecule has 0 radical (unpaired) electrons. The van der Waals surface area contributed by atoms with Crippen LogP contribution in [-0.4, -0.2) is 56.2 Å². The van der Waals surface area contributed by atoms with Gasteiger partial charge in [-0.1, -0.05) is 13.8 Å². The average molecular weight is 336 g/mol. The molecule has 0 heterocycles. The highest BCUT2D eigenvalue weighted by Crippen LogP contribution is 2.15. The van der Waals surface area contributed by atoms with Crippen molar-refractivity contribution in [3.63, 3.8) is 0 Å². The van der Waals surface area contributed by atoms with Crippen LogP contribution >= 0.6 is 0 Å². The predicted molar refractivity (Wildman–Crippen MR) is 95.4 cm³/mol. The summed E-state index contributed by atoms with van der Waals surface area (Å²) < 4.78 is 5.35. The Morgan fingerprint density at radius 3 is 2.29 bits per heavy atom. The molecule has 0 spiro atoms. The molecule has 0 aromatic heterocycles. The molecule has 1 rings (SSSR count). The molecule has 1 aromatic carbocycles. The van der Waals surface area contributed by atoms with Gasteiger partial charge in [-0.25, -0.2) is 4.79 Å². The van der Waals surface area contributed by atoms with E-state index in [2.05, 4.69) is 34.7 Å². The molecule has 1 aromatic rings. The number of urea groups is 1. The fourth-order valence-corrected chi connectivity index (χ4v) is 2.07. The summed E-state index contributed by atoms with van der Waals surface area (Å²) in [6.45, 7) is 9.97. The van der Waals surface area contributed by atoms with Crippen LogP contribution in [0.3, 0.4) is 0 Å². The number of hydrogen-bond acceptors (Lipinski definition) is 4. The Morgan fingerprint density at radius 1 is 1.04 bits per heavy atom. The van der Waals surface area contributed by atoms with Crippen LogP contribution in [-0.2, 0) is 4.79 Å². The van der Waals surface area contributed by atoms with E-state index in [0.29, 0.717) is 24.5 Å². The van der Waals surface area contributed by atoms with Crippen molar-refractivity contribution < 1.29 is 14.3 Å². The first kappa shape index (κ1) is 19.8. The van der Waals surface area contributed by atoms with Crippen molar-refractivity contribution in [1.82, 2.24) is 15.5 Å². The summed E-state index contributed by atoms with van der Waals surface area (Å²) in [5.74, 6) is 0.418. The summed E-state index contributed by atoms with van der Waals surface area (Å²) in [6, 6.07) is 6.65. The van der Waals surface area contributed by atoms with Crippen LogP contribution in [0.5, 0.6) is 5.75 Å². The topological polar surface area (TPSA) is 82.7 Å². The maximum atomic E-state index is 11.8. The van der Waals surface area contributed by atoms with Gasteiger partial charge in [-0.3, -0.25) is 4.79 Å². The summed E-state index contributed by atoms with van der Waals surface area (Å²) in [6.07, 6.45) is 0. The van der Waals surface area contributed by atoms with Gasteiger partial charge in [0.2, 0.25) is 0 Å². The maximum absolute atomic E-state index is 11.8. The number of ether oxygens (including phenoxy) is 1. The summed E-state index contributed by atoms with van der Waals surface area (Å²) in [7, 11) is 0. The largest absolute Gasteiger partial charge is 0.484 e. The van der Waals surface area contributed by atoms with Gasteiger partial charge >= 0.3 is 6.03 Å². The molecule has 7 nitrogen and oxygen atoms in total. The van der Waals surface area contributed by atoms with Gasteiger partial charge in [0.15, 0.2) is 6.61 Å². The Hall–Kier alpha value is -2.28. The van der Waals surface area contributed by atoms with Gasteiger partial charge < -0.3 is 25.6 Å². The van der Waals surface area contributed by atoms with Crippen molar-refractivity contribution in [2.45, 2.75) is 20.8 Å². The standard InChI is InChI=1S/C17H28N4O3/c1-4-18-16(22)13-24-15-9-7-14(8-10-15)20-17(23)19-11-12-21(5-2)6-3/h7-10H,4-6,11-13H2,1-3H3,(H,18,22)(H2,19,20,23). The third-order valence-corrected chi connectivity index (χ3v) is 3.46. The van der Waals surface area contributed by atoms with E-state index in [1.165, 1.54) is 0 Å². The lowest BCUT2D eigenvalue weighted by molar-refractivity contribution is -0.122. The van der Waals surface area contributed by atoms with Gasteiger partial charge in [0, 0.05) is 25.3 Å². The van der Waals surface area contributed by atoms with Gasteiger partial charge in [0.25, 0.3) is 5.91 Å². The number of nitrogens with zero attached hydrogens (tertiary/aromatic N) is 1. The summed E-state index contributed by atoms with van der Waals surface area (Å²) in [4.78, 5) is 25.4. The van der Waals surface area contributed by atoms with E-state index in [4.69, 9.17) is 4.74 Å². The summed E-state index contributed by atoms with van der Waals surface area (Å²) >= 11 is 0. The second kappa shape index (κ2) is 11.3. The molecular weight excluding hydrogens is 308 g/mol. The predicted octanol–water partition coefficient (Wildman–Crippen LogP) is 1.66. The van der Waals surface area contributed by atoms with Gasteiger partial charge in [-0.2, -0.15) is 0 Å². The SMILES string of the molecule is CCNC(=O)COc1ccc(NC(=O)NCCN(CC)CC)cc1. The number of anilines is 1. The Balaban J connectivity index is 2.32. The number of nitrogens with one attached hydrogen (secondary N) is 3. The average Bonchev–Trinajstić information content (AvgIpc) is 2.58. The molecule has 0 aliphatic rings. The number of likely N-dealkylation sites (N-methyl/N-ethyl adjacent to an activating group) is 2. The molecule has 0 fully saturated rings. The molecule has 134 valence electrons. The van der Waals surface area contributed by atoms with Gasteiger partial charge in [-0.15, -0.1) is 0 Å². The van der Waals surface area contributed by atoms with Crippen LogP contribution in [0, 0.1) is 0 Å². The molecule has 0 bridgehead atoms. The summed E-state index contributed by atoms with van der Waals surface area (Å²) in [5, 5.41) is 8.24. The lowest BCUT2D eigenvalue weighted by Gasteiger charge is -2.18. The molecule has 3 amide bonds. The summed E-state index contributed by atoms with van der Waals surface area (Å²) in [5.41, 5.74) is 0.667. The fraction of sp³-hybridized carbons (Fsp3) is 0.529. The third kappa shape index (κ3) is 7.82. The van der Waals surface area contributed by atoms with Crippen molar-refractivity contribution >= 4 is 17.6 Å². The number of amides is 3. The first-order chi connectivity index (χ1) is 11.6. The van der Waals surface area contributed by atoms with Crippen molar-refractivity contribution in [3.05, 3.63) is 24.3 Å². The van der Waals surface area contributed by atoms with E-state index < -0.39 is 0 Å². The zero-order valence-corrected chi connectivity index (χ0v) is 14.7. The number of hydrogen-bond donors (Lipinski definition) is 3. The second-order valence-electron chi connectivity index (χ2n) is 5.17. The van der Waals surface area contributed by atoms with Crippen LogP contribution < -0.4 is 20.7 Å². The third-order valence-electron chi connectivity index (χ3n) is 3.46. The minimum absolute atomic E-state index is 0.0214. The highest BCUT2D eigenvalue weighted by Gasteiger charge is 2.04. The maximum Gasteiger partial charge on any atom is 0.319 e. The normalized spacial score (nSPS) is 10.3. The Kier molecular flexibility index (Phi) is 9.29. The van der Waals surface area contributed by atoms with Gasteiger partial charge in [0.1, 0.15) is 5.75 Å². The van der Waals surface area contributed by atoms with Crippen molar-refractivity contribution in [2.24, 2.45) is 0 Å². The van der Waals surface area contributed by atoms with Crippen LogP contribution in [0.2, 0.25) is 0 Å². The molecule has 0 aliphatic carbocycles. The van der Waals surface area contributed by atoms with Gasteiger partial charge in [0.05, 0.1) is 0 Å². The molecule has 0 unspecified atom stereocenters. The van der Waals surface area contributed by atoms with E-state index in [1.54, 1.807) is 24.3 Å². The minimum Gasteiger partial charge on any atom is -0.484 e. The van der Waals surface area contributed by atoms with Crippen LogP contribution in [0.15, 0.2) is 24.3 Å². The number of rotatable bonds is 10. The Bertz CT molecular complexity index is 501. The highest BCUT2D eigenvalue weighted by atomic mass is 16.5. The van der Waals surface area contributed by atoms with Crippen LogP contribution in [0.25, 0.3) is 0 Å². The van der Waals surface area contributed by atoms with Crippen LogP contribution in [0.1, 0.15) is 20.8 Å². The Labute approximate surface area is 143 Å². The zero-order chi connectivity index (χ0) is 17.8. The molecule has 0 saturated heterocycles. The molecule has 7 heteroatoms. The minimum atomic E-state index is -0.238. The number of benzene rings is 1. The van der Waals surface area contributed by atoms with Crippen molar-refractivity contribution in [2.75, 3.05) is 44.6 Å². The monoisotopic (exact) mass is 336 g/mol. The molecular formula is C17H28N4O3. The molecule has 0 aliphatic heterocycles. The Morgan fingerprint density at radius 2 is 1.71 bits per heavy atom. The van der Waals surface area contributed by atoms with E-state index in [9.17, 15) is 9.59 Å². The number of carbonyl (C=O) groups excluding carboxylic acids is 2. The zero-order valence-electron chi connectivity index (χ0n) is 14.7. The second-order valence-corrected chi connectivity index (χ2v) is 5.17. The first-order valence-electron chi connectivity index (χ1n) is 8.35. The van der Waals surface area contributed by atoms with E-state index in [-0.39, 0.29) is 18.5 Å². The highest BCUT2D eigenvalue weighted by molar-refractivity contribution is 5.89. The quantitative estimate of drug-likeness (QED) is 0.607. The van der Waals surface area contributed by atoms with Crippen molar-refractivity contribution in [1.29, 1.82) is 0 Å². The smallest absolute Gasteiger partial charge is 0.319 e. The van der Waals surface area contributed by atoms with E-state index >= 15 is 0 Å². The van der Waals surface area contributed by atoms with E-state index in [0.717, 1.165) is 19.6 Å². The van der Waals surface area contributed by atoms with Gasteiger partial charge in [-0.05, 0) is 44.3 Å². The lowest BCUT2D eigenvalue weighted by Crippen LogP contribution is -2.36. The molecule has 3 N–H and O–H groups in total. The molecule has 24 heavy (non-hydrogen) atoms.